The third-order valence-corrected chi connectivity index (χ3v) is 5.34. The van der Waals surface area contributed by atoms with E-state index in [1.165, 1.54) is 24.3 Å². The normalized spacial score (nSPS) is 15.7. The van der Waals surface area contributed by atoms with Crippen LogP contribution in [0.1, 0.15) is 24.2 Å². The van der Waals surface area contributed by atoms with E-state index in [2.05, 4.69) is 4.72 Å². The first kappa shape index (κ1) is 20.9. The number of rotatable bonds is 5. The number of carbonyl (C=O) groups excluding carboxylic acids is 1. The largest absolute Gasteiger partial charge is 0.378 e. The Bertz CT molecular complexity index is 656. The van der Waals surface area contributed by atoms with Crippen LogP contribution in [0.3, 0.4) is 0 Å². The van der Waals surface area contributed by atoms with Crippen LogP contribution < -0.4 is 10.5 Å². The number of amides is 1. The minimum absolute atomic E-state index is 0. The van der Waals surface area contributed by atoms with Gasteiger partial charge in [-0.05, 0) is 38.1 Å². The van der Waals surface area contributed by atoms with Crippen molar-refractivity contribution in [2.45, 2.75) is 24.3 Å². The fourth-order valence-electron chi connectivity index (χ4n) is 2.19. The molecule has 0 aromatic heterocycles. The summed E-state index contributed by atoms with van der Waals surface area (Å²) in [5.41, 5.74) is 5.28. The Balaban J connectivity index is 0.00000288. The molecule has 0 spiro atoms. The number of sulfonamides is 1. The smallest absolute Gasteiger partial charge is 0.254 e. The van der Waals surface area contributed by atoms with Crippen LogP contribution in [0.2, 0.25) is 0 Å². The van der Waals surface area contributed by atoms with Gasteiger partial charge in [-0.25, -0.2) is 13.1 Å². The Labute approximate surface area is 149 Å². The van der Waals surface area contributed by atoms with Crippen LogP contribution in [-0.2, 0) is 14.8 Å². The molecule has 2 rings (SSSR count). The standard InChI is InChI=1S/C15H23N3O4S.ClH/c1-15(2,11-16)17-23(20,21)13-5-3-12(4-6-13)14(19)18-7-9-22-10-8-18;/h3-6,17H,7-11,16H2,1-2H3;1H. The Morgan fingerprint density at radius 1 is 1.25 bits per heavy atom. The van der Waals surface area contributed by atoms with Crippen molar-refractivity contribution in [3.63, 3.8) is 0 Å². The van der Waals surface area contributed by atoms with E-state index in [4.69, 9.17) is 10.5 Å². The van der Waals surface area contributed by atoms with E-state index in [-0.39, 0.29) is 29.8 Å². The molecular weight excluding hydrogens is 354 g/mol. The van der Waals surface area contributed by atoms with Gasteiger partial charge in [0.05, 0.1) is 18.1 Å². The van der Waals surface area contributed by atoms with Gasteiger partial charge in [0.2, 0.25) is 10.0 Å². The molecular formula is C15H24ClN3O4S. The number of ether oxygens (including phenoxy) is 1. The Morgan fingerprint density at radius 3 is 2.29 bits per heavy atom. The van der Waals surface area contributed by atoms with E-state index in [9.17, 15) is 13.2 Å². The number of hydrogen-bond donors (Lipinski definition) is 2. The van der Waals surface area contributed by atoms with Crippen molar-refractivity contribution in [3.8, 4) is 0 Å². The van der Waals surface area contributed by atoms with Gasteiger partial charge in [-0.3, -0.25) is 4.79 Å². The first-order valence-electron chi connectivity index (χ1n) is 7.46. The summed E-state index contributed by atoms with van der Waals surface area (Å²) < 4.78 is 32.4. The summed E-state index contributed by atoms with van der Waals surface area (Å²) in [7, 11) is -3.67. The lowest BCUT2D eigenvalue weighted by molar-refractivity contribution is 0.0303. The molecule has 0 aliphatic carbocycles. The quantitative estimate of drug-likeness (QED) is 0.782. The topological polar surface area (TPSA) is 102 Å². The van der Waals surface area contributed by atoms with Gasteiger partial charge in [0.25, 0.3) is 5.91 Å². The molecule has 0 atom stereocenters. The predicted molar refractivity (Wildman–Crippen MR) is 93.9 cm³/mol. The molecule has 1 amide bonds. The Hall–Kier alpha value is -1.19. The zero-order chi connectivity index (χ0) is 17.1. The maximum atomic E-state index is 12.3. The highest BCUT2D eigenvalue weighted by atomic mass is 35.5. The molecule has 1 heterocycles. The van der Waals surface area contributed by atoms with Gasteiger partial charge in [-0.1, -0.05) is 0 Å². The number of carbonyl (C=O) groups is 1. The van der Waals surface area contributed by atoms with E-state index in [1.54, 1.807) is 18.7 Å². The van der Waals surface area contributed by atoms with E-state index >= 15 is 0 Å². The molecule has 1 fully saturated rings. The van der Waals surface area contributed by atoms with Crippen molar-refractivity contribution >= 4 is 28.3 Å². The van der Waals surface area contributed by atoms with Crippen molar-refractivity contribution in [3.05, 3.63) is 29.8 Å². The summed E-state index contributed by atoms with van der Waals surface area (Å²) in [6.07, 6.45) is 0. The van der Waals surface area contributed by atoms with Gasteiger partial charge in [-0.15, -0.1) is 12.4 Å². The van der Waals surface area contributed by atoms with Crippen molar-refractivity contribution in [2.24, 2.45) is 5.73 Å². The third kappa shape index (κ3) is 5.15. The number of nitrogens with one attached hydrogen (secondary N) is 1. The van der Waals surface area contributed by atoms with E-state index in [1.807, 2.05) is 0 Å². The average Bonchev–Trinajstić information content (AvgIpc) is 2.54. The summed E-state index contributed by atoms with van der Waals surface area (Å²) in [4.78, 5) is 14.1. The Kier molecular flexibility index (Phi) is 7.18. The molecule has 1 saturated heterocycles. The molecule has 3 N–H and O–H groups in total. The minimum Gasteiger partial charge on any atom is -0.378 e. The van der Waals surface area contributed by atoms with Crippen molar-refractivity contribution in [1.82, 2.24) is 9.62 Å². The van der Waals surface area contributed by atoms with Crippen LogP contribution in [0.4, 0.5) is 0 Å². The number of benzene rings is 1. The molecule has 9 heteroatoms. The molecule has 1 aliphatic rings. The molecule has 0 bridgehead atoms. The van der Waals surface area contributed by atoms with Gasteiger partial charge in [0.1, 0.15) is 0 Å². The zero-order valence-electron chi connectivity index (χ0n) is 13.8. The number of nitrogens with two attached hydrogens (primary N) is 1. The van der Waals surface area contributed by atoms with Crippen LogP contribution in [0.5, 0.6) is 0 Å². The second kappa shape index (κ2) is 8.26. The molecule has 0 unspecified atom stereocenters. The predicted octanol–water partition coefficient (Wildman–Crippen LogP) is 0.596. The number of hydrogen-bond acceptors (Lipinski definition) is 5. The lowest BCUT2D eigenvalue weighted by Crippen LogP contribution is -2.48. The molecule has 24 heavy (non-hydrogen) atoms. The second-order valence-corrected chi connectivity index (χ2v) is 7.80. The summed E-state index contributed by atoms with van der Waals surface area (Å²) >= 11 is 0. The summed E-state index contributed by atoms with van der Waals surface area (Å²) in [5, 5.41) is 0. The Morgan fingerprint density at radius 2 is 1.79 bits per heavy atom. The molecule has 0 radical (unpaired) electrons. The van der Waals surface area contributed by atoms with Crippen LogP contribution in [0.15, 0.2) is 29.2 Å². The van der Waals surface area contributed by atoms with Gasteiger partial charge in [0, 0.05) is 30.7 Å². The van der Waals surface area contributed by atoms with Crippen LogP contribution in [-0.4, -0.2) is 57.6 Å². The van der Waals surface area contributed by atoms with E-state index < -0.39 is 15.6 Å². The lowest BCUT2D eigenvalue weighted by atomic mass is 10.1. The van der Waals surface area contributed by atoms with Crippen molar-refractivity contribution < 1.29 is 17.9 Å². The van der Waals surface area contributed by atoms with Gasteiger partial charge < -0.3 is 15.4 Å². The highest BCUT2D eigenvalue weighted by Gasteiger charge is 2.25. The van der Waals surface area contributed by atoms with Crippen molar-refractivity contribution in [1.29, 1.82) is 0 Å². The molecule has 0 saturated carbocycles. The van der Waals surface area contributed by atoms with Crippen LogP contribution in [0, 0.1) is 0 Å². The second-order valence-electron chi connectivity index (χ2n) is 6.12. The van der Waals surface area contributed by atoms with E-state index in [0.29, 0.717) is 31.9 Å². The van der Waals surface area contributed by atoms with E-state index in [0.717, 1.165) is 0 Å². The minimum atomic E-state index is -3.67. The van der Waals surface area contributed by atoms with Gasteiger partial charge in [-0.2, -0.15) is 0 Å². The SMILES string of the molecule is CC(C)(CN)NS(=O)(=O)c1ccc(C(=O)N2CCOCC2)cc1.Cl. The fraction of sp³-hybridized carbons (Fsp3) is 0.533. The first-order chi connectivity index (χ1) is 10.7. The first-order valence-corrected chi connectivity index (χ1v) is 8.95. The molecule has 1 aromatic carbocycles. The summed E-state index contributed by atoms with van der Waals surface area (Å²) in [6.45, 7) is 5.74. The van der Waals surface area contributed by atoms with Gasteiger partial charge in [0.15, 0.2) is 0 Å². The van der Waals surface area contributed by atoms with Crippen molar-refractivity contribution in [2.75, 3.05) is 32.8 Å². The monoisotopic (exact) mass is 377 g/mol. The summed E-state index contributed by atoms with van der Waals surface area (Å²) in [5.74, 6) is -0.118. The summed E-state index contributed by atoms with van der Waals surface area (Å²) in [6, 6.07) is 5.93. The number of nitrogens with zero attached hydrogens (tertiary/aromatic N) is 1. The van der Waals surface area contributed by atoms with Crippen LogP contribution >= 0.6 is 12.4 Å². The highest BCUT2D eigenvalue weighted by molar-refractivity contribution is 7.89. The molecule has 1 aromatic rings. The third-order valence-electron chi connectivity index (χ3n) is 3.63. The molecule has 1 aliphatic heterocycles. The molecule has 7 nitrogen and oxygen atoms in total. The average molecular weight is 378 g/mol. The number of morpholine rings is 1. The number of halogens is 1. The molecule has 136 valence electrons. The maximum absolute atomic E-state index is 12.3. The van der Waals surface area contributed by atoms with Gasteiger partial charge >= 0.3 is 0 Å². The lowest BCUT2D eigenvalue weighted by Gasteiger charge is -2.27. The van der Waals surface area contributed by atoms with Crippen LogP contribution in [0.25, 0.3) is 0 Å². The zero-order valence-corrected chi connectivity index (χ0v) is 15.5. The fourth-order valence-corrected chi connectivity index (χ4v) is 3.61. The highest BCUT2D eigenvalue weighted by Crippen LogP contribution is 2.15. The maximum Gasteiger partial charge on any atom is 0.254 e.